The molecule has 1 aliphatic heterocycles. The van der Waals surface area contributed by atoms with Crippen LogP contribution in [-0.4, -0.2) is 30.5 Å². The highest BCUT2D eigenvalue weighted by Gasteiger charge is 2.23. The zero-order chi connectivity index (χ0) is 20.2. The fourth-order valence-electron chi connectivity index (χ4n) is 4.04. The van der Waals surface area contributed by atoms with Crippen LogP contribution in [0, 0.1) is 17.6 Å². The van der Waals surface area contributed by atoms with E-state index in [0.29, 0.717) is 24.6 Å². The Labute approximate surface area is 168 Å². The highest BCUT2D eigenvalue weighted by molar-refractivity contribution is 5.83. The van der Waals surface area contributed by atoms with Crippen LogP contribution in [0.15, 0.2) is 48.7 Å². The van der Waals surface area contributed by atoms with Crippen LogP contribution in [0.2, 0.25) is 0 Å². The van der Waals surface area contributed by atoms with Gasteiger partial charge in [0.25, 0.3) is 0 Å². The number of carbonyl (C=O) groups is 1. The van der Waals surface area contributed by atoms with E-state index in [1.807, 2.05) is 23.2 Å². The number of fused-ring (bicyclic) bond motifs is 1. The number of hydrogen-bond acceptors (Lipinski definition) is 2. The van der Waals surface area contributed by atoms with Gasteiger partial charge in [-0.05, 0) is 48.9 Å². The third-order valence-electron chi connectivity index (χ3n) is 5.67. The Hall–Kier alpha value is -2.89. The van der Waals surface area contributed by atoms with Gasteiger partial charge in [-0.1, -0.05) is 18.2 Å². The van der Waals surface area contributed by atoms with E-state index in [2.05, 4.69) is 22.4 Å². The third kappa shape index (κ3) is 4.58. The van der Waals surface area contributed by atoms with E-state index in [0.717, 1.165) is 43.9 Å². The first kappa shape index (κ1) is 19.4. The number of aryl methyl sites for hydroxylation is 1. The standard InChI is InChI=1S/C23H25F2N3O/c24-20-9-8-18(12-21(20)25)28-11-10-16(15-28)13-27-23(29)7-3-4-17-14-26-22-6-2-1-5-19(17)22/h1-2,5-6,8-9,12,14,16,26H,3-4,7,10-11,13,15H2,(H,27,29). The summed E-state index contributed by atoms with van der Waals surface area (Å²) < 4.78 is 26.5. The first-order valence-electron chi connectivity index (χ1n) is 10.1. The lowest BCUT2D eigenvalue weighted by Gasteiger charge is -2.19. The number of amides is 1. The van der Waals surface area contributed by atoms with Crippen LogP contribution in [0.3, 0.4) is 0 Å². The average Bonchev–Trinajstić information content (AvgIpc) is 3.36. The molecular weight excluding hydrogens is 372 g/mol. The maximum Gasteiger partial charge on any atom is 0.220 e. The van der Waals surface area contributed by atoms with Gasteiger partial charge in [-0.3, -0.25) is 4.79 Å². The van der Waals surface area contributed by atoms with Crippen molar-refractivity contribution in [2.24, 2.45) is 5.92 Å². The molecular formula is C23H25F2N3O. The van der Waals surface area contributed by atoms with Crippen LogP contribution < -0.4 is 10.2 Å². The van der Waals surface area contributed by atoms with Gasteiger partial charge in [0.2, 0.25) is 5.91 Å². The minimum atomic E-state index is -0.829. The average molecular weight is 397 g/mol. The summed E-state index contributed by atoms with van der Waals surface area (Å²) in [5.74, 6) is -1.27. The molecule has 0 bridgehead atoms. The number of halogens is 2. The molecule has 3 aromatic rings. The van der Waals surface area contributed by atoms with Gasteiger partial charge in [0.1, 0.15) is 0 Å². The lowest BCUT2D eigenvalue weighted by atomic mass is 10.1. The number of para-hydroxylation sites is 1. The molecule has 0 aliphatic carbocycles. The summed E-state index contributed by atoms with van der Waals surface area (Å²) in [7, 11) is 0. The molecule has 1 unspecified atom stereocenters. The fraction of sp³-hybridized carbons (Fsp3) is 0.348. The summed E-state index contributed by atoms with van der Waals surface area (Å²) in [5.41, 5.74) is 3.06. The van der Waals surface area contributed by atoms with Crippen LogP contribution in [0.25, 0.3) is 10.9 Å². The number of hydrogen-bond donors (Lipinski definition) is 2. The summed E-state index contributed by atoms with van der Waals surface area (Å²) in [6.45, 7) is 2.14. The van der Waals surface area contributed by atoms with Gasteiger partial charge in [0, 0.05) is 54.9 Å². The number of nitrogens with one attached hydrogen (secondary N) is 2. The topological polar surface area (TPSA) is 48.1 Å². The van der Waals surface area contributed by atoms with Crippen molar-refractivity contribution in [3.05, 3.63) is 65.9 Å². The van der Waals surface area contributed by atoms with E-state index >= 15 is 0 Å². The highest BCUT2D eigenvalue weighted by atomic mass is 19.2. The zero-order valence-electron chi connectivity index (χ0n) is 16.3. The van der Waals surface area contributed by atoms with Crippen LogP contribution in [0.4, 0.5) is 14.5 Å². The second-order valence-corrected chi connectivity index (χ2v) is 7.72. The molecule has 0 spiro atoms. The molecule has 4 rings (SSSR count). The molecule has 0 saturated carbocycles. The summed E-state index contributed by atoms with van der Waals surface area (Å²) in [4.78, 5) is 17.5. The van der Waals surface area contributed by atoms with Crippen LogP contribution in [0.1, 0.15) is 24.8 Å². The highest BCUT2D eigenvalue weighted by Crippen LogP contribution is 2.25. The molecule has 29 heavy (non-hydrogen) atoms. The number of nitrogens with zero attached hydrogens (tertiary/aromatic N) is 1. The molecule has 2 aromatic carbocycles. The lowest BCUT2D eigenvalue weighted by molar-refractivity contribution is -0.121. The molecule has 4 nitrogen and oxygen atoms in total. The third-order valence-corrected chi connectivity index (χ3v) is 5.67. The van der Waals surface area contributed by atoms with E-state index in [4.69, 9.17) is 0 Å². The van der Waals surface area contributed by atoms with Crippen molar-refractivity contribution in [3.8, 4) is 0 Å². The number of H-pyrrole nitrogens is 1. The van der Waals surface area contributed by atoms with E-state index in [1.165, 1.54) is 17.0 Å². The smallest absolute Gasteiger partial charge is 0.220 e. The van der Waals surface area contributed by atoms with Gasteiger partial charge in [-0.25, -0.2) is 8.78 Å². The molecule has 1 saturated heterocycles. The van der Waals surface area contributed by atoms with Gasteiger partial charge in [0.05, 0.1) is 0 Å². The molecule has 0 radical (unpaired) electrons. The predicted octanol–water partition coefficient (Wildman–Crippen LogP) is 4.41. The second-order valence-electron chi connectivity index (χ2n) is 7.72. The Balaban J connectivity index is 1.19. The van der Waals surface area contributed by atoms with Crippen molar-refractivity contribution in [1.29, 1.82) is 0 Å². The van der Waals surface area contributed by atoms with E-state index in [-0.39, 0.29) is 5.91 Å². The van der Waals surface area contributed by atoms with Gasteiger partial charge in [-0.15, -0.1) is 0 Å². The molecule has 152 valence electrons. The molecule has 1 amide bonds. The predicted molar refractivity (Wildman–Crippen MR) is 111 cm³/mol. The quantitative estimate of drug-likeness (QED) is 0.620. The van der Waals surface area contributed by atoms with Gasteiger partial charge < -0.3 is 15.2 Å². The van der Waals surface area contributed by atoms with Crippen molar-refractivity contribution in [1.82, 2.24) is 10.3 Å². The Morgan fingerprint density at radius 3 is 2.90 bits per heavy atom. The normalized spacial score (nSPS) is 16.5. The van der Waals surface area contributed by atoms with Crippen molar-refractivity contribution >= 4 is 22.5 Å². The number of carbonyl (C=O) groups excluding carboxylic acids is 1. The molecule has 1 aromatic heterocycles. The maximum atomic E-state index is 13.4. The minimum absolute atomic E-state index is 0.0658. The van der Waals surface area contributed by atoms with Gasteiger partial charge in [-0.2, -0.15) is 0 Å². The number of aromatic nitrogens is 1. The molecule has 2 heterocycles. The van der Waals surface area contributed by atoms with Gasteiger partial charge in [0.15, 0.2) is 11.6 Å². The van der Waals surface area contributed by atoms with Crippen LogP contribution >= 0.6 is 0 Å². The van der Waals surface area contributed by atoms with Crippen molar-refractivity contribution in [2.45, 2.75) is 25.7 Å². The maximum absolute atomic E-state index is 13.4. The van der Waals surface area contributed by atoms with E-state index in [9.17, 15) is 13.6 Å². The monoisotopic (exact) mass is 397 g/mol. The minimum Gasteiger partial charge on any atom is -0.371 e. The molecule has 1 atom stereocenters. The summed E-state index contributed by atoms with van der Waals surface area (Å²) in [6, 6.07) is 12.2. The SMILES string of the molecule is O=C(CCCc1c[nH]c2ccccc12)NCC1CCN(c2ccc(F)c(F)c2)C1. The summed E-state index contributed by atoms with van der Waals surface area (Å²) in [5, 5.41) is 4.25. The van der Waals surface area contributed by atoms with Crippen LogP contribution in [0.5, 0.6) is 0 Å². The number of aromatic amines is 1. The largest absolute Gasteiger partial charge is 0.371 e. The number of benzene rings is 2. The molecule has 1 fully saturated rings. The summed E-state index contributed by atoms with van der Waals surface area (Å²) in [6.07, 6.45) is 5.12. The van der Waals surface area contributed by atoms with E-state index in [1.54, 1.807) is 6.07 Å². The Kier molecular flexibility index (Phi) is 5.79. The first-order valence-corrected chi connectivity index (χ1v) is 10.1. The first-order chi connectivity index (χ1) is 14.1. The Morgan fingerprint density at radius 1 is 1.17 bits per heavy atom. The zero-order valence-corrected chi connectivity index (χ0v) is 16.3. The fourth-order valence-corrected chi connectivity index (χ4v) is 4.04. The van der Waals surface area contributed by atoms with Gasteiger partial charge >= 0.3 is 0 Å². The number of rotatable bonds is 7. The second kappa shape index (κ2) is 8.64. The lowest BCUT2D eigenvalue weighted by Crippen LogP contribution is -2.30. The van der Waals surface area contributed by atoms with E-state index < -0.39 is 11.6 Å². The van der Waals surface area contributed by atoms with Crippen molar-refractivity contribution in [2.75, 3.05) is 24.5 Å². The van der Waals surface area contributed by atoms with Crippen molar-refractivity contribution in [3.63, 3.8) is 0 Å². The van der Waals surface area contributed by atoms with Crippen LogP contribution in [-0.2, 0) is 11.2 Å². The molecule has 1 aliphatic rings. The summed E-state index contributed by atoms with van der Waals surface area (Å²) >= 11 is 0. The van der Waals surface area contributed by atoms with Crippen molar-refractivity contribution < 1.29 is 13.6 Å². The Morgan fingerprint density at radius 2 is 2.03 bits per heavy atom. The number of anilines is 1. The molecule has 2 N–H and O–H groups in total. The molecule has 6 heteroatoms. The Bertz CT molecular complexity index is 1000.